The Morgan fingerprint density at radius 3 is 0.667 bits per heavy atom. The van der Waals surface area contributed by atoms with Gasteiger partial charge in [0.2, 0.25) is 0 Å². The molecule has 0 heterocycles. The monoisotopic (exact) mass is 176 g/mol. The molecule has 0 aromatic heterocycles. The zero-order valence-corrected chi connectivity index (χ0v) is 5.19. The smallest absolute Gasteiger partial charge is 0 e. The van der Waals surface area contributed by atoms with E-state index in [2.05, 4.69) is 20.4 Å². The van der Waals surface area contributed by atoms with E-state index in [1.165, 1.54) is 0 Å². The molecule has 0 aliphatic heterocycles. The van der Waals surface area contributed by atoms with E-state index in [0.29, 0.717) is 0 Å². The number of hydrogen-bond donors (Lipinski definition) is 0. The van der Waals surface area contributed by atoms with Crippen molar-refractivity contribution in [1.82, 2.24) is 0 Å². The first-order valence-corrected chi connectivity index (χ1v) is 0.890. The van der Waals surface area contributed by atoms with Gasteiger partial charge >= 0.3 is 0 Å². The third kappa shape index (κ3) is 239. The summed E-state index contributed by atoms with van der Waals surface area (Å²) in [6.45, 7) is 9.75. The van der Waals surface area contributed by atoms with Gasteiger partial charge in [-0.3, -0.25) is 20.4 Å². The quantitative estimate of drug-likeness (QED) is 0.367. The standard InChI is InChI=1S/3CHO.Co.NO/c3*1-2;;1-2/h3*1H;;/q3*-1;;-1. The number of carbonyl (C=O) groups excluding carboxylic acids is 3. The Labute approximate surface area is 62.8 Å². The van der Waals surface area contributed by atoms with Crippen LogP contribution < -0.4 is 0 Å². The average molecular weight is 176 g/mol. The molecule has 57 valence electrons. The summed E-state index contributed by atoms with van der Waals surface area (Å²) >= 11 is 0. The van der Waals surface area contributed by atoms with Crippen LogP contribution in [-0.4, -0.2) is 20.4 Å². The van der Waals surface area contributed by atoms with Crippen LogP contribution in [0.15, 0.2) is 0 Å². The van der Waals surface area contributed by atoms with Gasteiger partial charge in [-0.05, 0) is 0 Å². The molecule has 0 aromatic rings. The van der Waals surface area contributed by atoms with Crippen molar-refractivity contribution in [2.24, 2.45) is 0 Å². The van der Waals surface area contributed by atoms with Crippen LogP contribution in [0.3, 0.4) is 0 Å². The van der Waals surface area contributed by atoms with Crippen molar-refractivity contribution in [1.29, 1.82) is 0 Å². The zero-order chi connectivity index (χ0) is 8.00. The van der Waals surface area contributed by atoms with Crippen LogP contribution in [-0.2, 0) is 31.2 Å². The van der Waals surface area contributed by atoms with Crippen LogP contribution in [0.5, 0.6) is 0 Å². The minimum atomic E-state index is 0. The molecule has 0 aliphatic rings. The van der Waals surface area contributed by atoms with Crippen LogP contribution in [0.2, 0.25) is 0 Å². The maximum atomic E-state index is 7.75. The van der Waals surface area contributed by atoms with Gasteiger partial charge in [-0.25, -0.2) is 0 Å². The second-order valence-corrected chi connectivity index (χ2v) is 0. The molecule has 9 heavy (non-hydrogen) atoms. The number of nitrogens with zero attached hydrogens (tertiary/aromatic N) is 1. The molecule has 0 aliphatic carbocycles. The Morgan fingerprint density at radius 1 is 0.667 bits per heavy atom. The van der Waals surface area contributed by atoms with Gasteiger partial charge in [0.1, 0.15) is 0 Å². The topological polar surface area (TPSA) is 90.6 Å². The van der Waals surface area contributed by atoms with Gasteiger partial charge in [0.05, 0.1) is 0 Å². The van der Waals surface area contributed by atoms with Gasteiger partial charge in [-0.1, -0.05) is 0 Å². The van der Waals surface area contributed by atoms with E-state index >= 15 is 0 Å². The van der Waals surface area contributed by atoms with E-state index < -0.39 is 0 Å². The van der Waals surface area contributed by atoms with Crippen LogP contribution >= 0.6 is 0 Å². The summed E-state index contributed by atoms with van der Waals surface area (Å²) in [6.07, 6.45) is 0. The minimum absolute atomic E-state index is 0. The molecule has 0 amide bonds. The number of rotatable bonds is 0. The first kappa shape index (κ1) is 42.3. The molecule has 0 unspecified atom stereocenters. The van der Waals surface area contributed by atoms with Crippen molar-refractivity contribution < 1.29 is 31.2 Å². The van der Waals surface area contributed by atoms with Crippen LogP contribution in [0.1, 0.15) is 0 Å². The fourth-order valence-corrected chi connectivity index (χ4v) is 0. The molecule has 0 bridgehead atoms. The van der Waals surface area contributed by atoms with Gasteiger partial charge in [0.25, 0.3) is 0 Å². The van der Waals surface area contributed by atoms with Crippen molar-refractivity contribution in [2.75, 3.05) is 0 Å². The van der Waals surface area contributed by atoms with Crippen LogP contribution in [0.25, 0.3) is 5.59 Å². The second-order valence-electron chi connectivity index (χ2n) is 0. The number of nitroso groups, excluding NO2 is 1. The van der Waals surface area contributed by atoms with Gasteiger partial charge < -0.3 is 24.9 Å². The zero-order valence-electron chi connectivity index (χ0n) is 4.15. The Bertz CT molecular complexity index is 23.8. The summed E-state index contributed by atoms with van der Waals surface area (Å²) in [6, 6.07) is 0. The predicted molar refractivity (Wildman–Crippen MR) is 27.0 cm³/mol. The molecule has 0 fully saturated rings. The van der Waals surface area contributed by atoms with E-state index in [-0.39, 0.29) is 16.8 Å². The summed E-state index contributed by atoms with van der Waals surface area (Å²) in [5.41, 5.74) is 5.75. The first-order valence-electron chi connectivity index (χ1n) is 0.890. The molecule has 5 nitrogen and oxygen atoms in total. The molecular formula is C3H3CoNO4-4. The van der Waals surface area contributed by atoms with Gasteiger partial charge in [-0.2, -0.15) is 0 Å². The van der Waals surface area contributed by atoms with E-state index in [4.69, 9.17) is 24.9 Å². The molecule has 0 saturated carbocycles. The summed E-state index contributed by atoms with van der Waals surface area (Å²) in [4.78, 5) is 30.5. The molecule has 6 heteroatoms. The molecule has 1 radical (unpaired) electrons. The predicted octanol–water partition coefficient (Wildman–Crippen LogP) is -0.503. The van der Waals surface area contributed by atoms with E-state index in [0.717, 1.165) is 0 Å². The van der Waals surface area contributed by atoms with Crippen molar-refractivity contribution in [3.05, 3.63) is 10.5 Å². The maximum absolute atomic E-state index is 7.75. The third-order valence-electron chi connectivity index (χ3n) is 0. The first-order chi connectivity index (χ1) is 4.00. The van der Waals surface area contributed by atoms with Gasteiger partial charge in [-0.15, -0.1) is 0 Å². The molecule has 0 spiro atoms. The van der Waals surface area contributed by atoms with Crippen molar-refractivity contribution in [3.8, 4) is 0 Å². The summed E-state index contributed by atoms with van der Waals surface area (Å²) in [5, 5.41) is 0. The normalized spacial score (nSPS) is 1.78. The van der Waals surface area contributed by atoms with Crippen molar-refractivity contribution >= 4 is 20.4 Å². The van der Waals surface area contributed by atoms with E-state index in [9.17, 15) is 0 Å². The average Bonchev–Trinajstić information content (AvgIpc) is 2.03. The maximum Gasteiger partial charge on any atom is 0 e. The van der Waals surface area contributed by atoms with Crippen LogP contribution in [0, 0.1) is 4.91 Å². The minimum Gasteiger partial charge on any atom is -0.577 e. The van der Waals surface area contributed by atoms with Crippen molar-refractivity contribution in [2.45, 2.75) is 0 Å². The fraction of sp³-hybridized carbons (Fsp3) is 0. The van der Waals surface area contributed by atoms with E-state index in [1.807, 2.05) is 0 Å². The van der Waals surface area contributed by atoms with Gasteiger partial charge in [0, 0.05) is 16.8 Å². The Balaban J connectivity index is -0.00000000762. The molecule has 0 N–H and O–H groups in total. The molecule has 0 aromatic carbocycles. The molecule has 0 saturated heterocycles. The molecule has 0 rings (SSSR count). The molecular weight excluding hydrogens is 173 g/mol. The fourth-order valence-electron chi connectivity index (χ4n) is 0. The Morgan fingerprint density at radius 2 is 0.667 bits per heavy atom. The Kier molecular flexibility index (Phi) is 1600. The van der Waals surface area contributed by atoms with Crippen molar-refractivity contribution in [3.63, 3.8) is 0 Å². The molecule has 0 atom stereocenters. The van der Waals surface area contributed by atoms with E-state index in [1.54, 1.807) is 0 Å². The summed E-state index contributed by atoms with van der Waals surface area (Å²) < 4.78 is 0. The second kappa shape index (κ2) is 341. The summed E-state index contributed by atoms with van der Waals surface area (Å²) in [7, 11) is 0. The van der Waals surface area contributed by atoms with Gasteiger partial charge in [0.15, 0.2) is 0 Å². The SMILES string of the molecule is [CH-]=O.[CH-]=O.[CH-]=O.[Co].[N-]=O. The number of hydrogen-bond acceptors (Lipinski definition) is 4. The van der Waals surface area contributed by atoms with Crippen LogP contribution in [0.4, 0.5) is 0 Å². The summed E-state index contributed by atoms with van der Waals surface area (Å²) in [5.74, 6) is 0. The Hall–Kier alpha value is -0.884. The largest absolute Gasteiger partial charge is 0.577 e. The third-order valence-corrected chi connectivity index (χ3v) is 0.